The molecule has 0 heterocycles. The molecule has 0 unspecified atom stereocenters. The Balaban J connectivity index is 3.02. The highest BCUT2D eigenvalue weighted by molar-refractivity contribution is 5.31. The van der Waals surface area contributed by atoms with Crippen molar-refractivity contribution in [3.05, 3.63) is 29.6 Å². The maximum Gasteiger partial charge on any atom is 0.419 e. The Kier molecular flexibility index (Phi) is 3.14. The summed E-state index contributed by atoms with van der Waals surface area (Å²) in [5.74, 6) is -1.56. The number of hydrogen-bond donors (Lipinski definition) is 0. The van der Waals surface area contributed by atoms with Crippen LogP contribution in [0.2, 0.25) is 0 Å². The smallest absolute Gasteiger partial charge is 0.419 e. The van der Waals surface area contributed by atoms with Gasteiger partial charge in [0.2, 0.25) is 0 Å². The summed E-state index contributed by atoms with van der Waals surface area (Å²) in [5, 5.41) is 8.14. The molecule has 6 heteroatoms. The first-order chi connectivity index (χ1) is 6.95. The van der Waals surface area contributed by atoms with E-state index in [-0.39, 0.29) is 12.4 Å². The van der Waals surface area contributed by atoms with Gasteiger partial charge < -0.3 is 4.74 Å². The number of hydrogen-bond acceptors (Lipinski definition) is 2. The summed E-state index contributed by atoms with van der Waals surface area (Å²) in [4.78, 5) is 0. The van der Waals surface area contributed by atoms with Crippen LogP contribution in [0.3, 0.4) is 0 Å². The Bertz CT molecular complexity index is 394. The lowest BCUT2D eigenvalue weighted by Gasteiger charge is -2.09. The van der Waals surface area contributed by atoms with Gasteiger partial charge in [-0.3, -0.25) is 0 Å². The fraction of sp³-hybridized carbons (Fsp3) is 0.222. The maximum atomic E-state index is 12.7. The molecule has 0 amide bonds. The molecular formula is C9H5F4NO. The summed E-state index contributed by atoms with van der Waals surface area (Å²) >= 11 is 0. The van der Waals surface area contributed by atoms with Crippen molar-refractivity contribution in [2.45, 2.75) is 6.18 Å². The van der Waals surface area contributed by atoms with Crippen molar-refractivity contribution in [1.29, 1.82) is 5.26 Å². The van der Waals surface area contributed by atoms with Crippen LogP contribution in [0.4, 0.5) is 17.6 Å². The minimum atomic E-state index is -4.77. The summed E-state index contributed by atoms with van der Waals surface area (Å²) in [6, 6.07) is 3.79. The van der Waals surface area contributed by atoms with Gasteiger partial charge in [-0.2, -0.15) is 18.4 Å². The topological polar surface area (TPSA) is 33.0 Å². The van der Waals surface area contributed by atoms with E-state index >= 15 is 0 Å². The van der Waals surface area contributed by atoms with Gasteiger partial charge in [0.1, 0.15) is 17.6 Å². The molecule has 15 heavy (non-hydrogen) atoms. The van der Waals surface area contributed by atoms with E-state index in [9.17, 15) is 17.6 Å². The molecule has 2 nitrogen and oxygen atoms in total. The van der Waals surface area contributed by atoms with Crippen molar-refractivity contribution in [3.8, 4) is 11.8 Å². The predicted molar refractivity (Wildman–Crippen MR) is 42.5 cm³/mol. The molecule has 0 bridgehead atoms. The van der Waals surface area contributed by atoms with Crippen molar-refractivity contribution < 1.29 is 22.3 Å². The molecule has 0 radical (unpaired) electrons. The highest BCUT2D eigenvalue weighted by Crippen LogP contribution is 2.33. The Hall–Kier alpha value is -1.77. The van der Waals surface area contributed by atoms with Gasteiger partial charge >= 0.3 is 6.18 Å². The fourth-order valence-electron chi connectivity index (χ4n) is 0.927. The third-order valence-corrected chi connectivity index (χ3v) is 1.55. The van der Waals surface area contributed by atoms with E-state index in [1.165, 1.54) is 0 Å². The average molecular weight is 219 g/mol. The number of rotatable bonds is 2. The van der Waals surface area contributed by atoms with E-state index < -0.39 is 17.6 Å². The van der Waals surface area contributed by atoms with Crippen LogP contribution < -0.4 is 4.74 Å². The van der Waals surface area contributed by atoms with Crippen molar-refractivity contribution in [1.82, 2.24) is 0 Å². The van der Waals surface area contributed by atoms with Crippen molar-refractivity contribution >= 4 is 0 Å². The van der Waals surface area contributed by atoms with E-state index in [4.69, 9.17) is 5.26 Å². The Morgan fingerprint density at radius 2 is 2.00 bits per heavy atom. The SMILES string of the molecule is N#CCOc1ccc(F)c(C(F)(F)F)c1. The first-order valence-electron chi connectivity index (χ1n) is 3.81. The second kappa shape index (κ2) is 4.17. The summed E-state index contributed by atoms with van der Waals surface area (Å²) < 4.78 is 53.9. The molecular weight excluding hydrogens is 214 g/mol. The van der Waals surface area contributed by atoms with Crippen LogP contribution in [-0.4, -0.2) is 6.61 Å². The maximum absolute atomic E-state index is 12.7. The second-order valence-electron chi connectivity index (χ2n) is 2.59. The van der Waals surface area contributed by atoms with Crippen LogP contribution in [0.15, 0.2) is 18.2 Å². The largest absolute Gasteiger partial charge is 0.479 e. The van der Waals surface area contributed by atoms with Crippen LogP contribution in [0.5, 0.6) is 5.75 Å². The minimum absolute atomic E-state index is 0.190. The van der Waals surface area contributed by atoms with Gasteiger partial charge in [0.05, 0.1) is 5.56 Å². The van der Waals surface area contributed by atoms with Crippen LogP contribution in [0.25, 0.3) is 0 Å². The van der Waals surface area contributed by atoms with Crippen molar-refractivity contribution in [3.63, 3.8) is 0 Å². The number of ether oxygens (including phenoxy) is 1. The molecule has 1 rings (SSSR count). The molecule has 0 atom stereocenters. The lowest BCUT2D eigenvalue weighted by Crippen LogP contribution is -2.08. The van der Waals surface area contributed by atoms with Gasteiger partial charge in [-0.05, 0) is 18.2 Å². The molecule has 0 saturated carbocycles. The number of halogens is 4. The third kappa shape index (κ3) is 2.84. The first kappa shape index (κ1) is 11.3. The molecule has 80 valence electrons. The molecule has 1 aromatic rings. The van der Waals surface area contributed by atoms with Crippen molar-refractivity contribution in [2.75, 3.05) is 6.61 Å². The summed E-state index contributed by atoms with van der Waals surface area (Å²) in [7, 11) is 0. The van der Waals surface area contributed by atoms with E-state index in [2.05, 4.69) is 4.74 Å². The number of alkyl halides is 3. The highest BCUT2D eigenvalue weighted by Gasteiger charge is 2.34. The molecule has 0 fully saturated rings. The van der Waals surface area contributed by atoms with Gasteiger partial charge in [-0.25, -0.2) is 4.39 Å². The zero-order valence-corrected chi connectivity index (χ0v) is 7.31. The van der Waals surface area contributed by atoms with Crippen LogP contribution >= 0.6 is 0 Å². The fourth-order valence-corrected chi connectivity index (χ4v) is 0.927. The zero-order chi connectivity index (χ0) is 11.5. The quantitative estimate of drug-likeness (QED) is 0.716. The number of nitriles is 1. The Morgan fingerprint density at radius 1 is 1.33 bits per heavy atom. The first-order valence-corrected chi connectivity index (χ1v) is 3.81. The molecule has 0 N–H and O–H groups in total. The Morgan fingerprint density at radius 3 is 2.53 bits per heavy atom. The molecule has 0 saturated heterocycles. The van der Waals surface area contributed by atoms with Gasteiger partial charge in [-0.1, -0.05) is 0 Å². The lowest BCUT2D eigenvalue weighted by atomic mass is 10.2. The molecule has 0 aromatic heterocycles. The van der Waals surface area contributed by atoms with Gasteiger partial charge in [-0.15, -0.1) is 0 Å². The standard InChI is InChI=1S/C9H5F4NO/c10-8-2-1-6(15-4-3-14)5-7(8)9(11,12)13/h1-2,5H,4H2. The highest BCUT2D eigenvalue weighted by atomic mass is 19.4. The monoisotopic (exact) mass is 219 g/mol. The van der Waals surface area contributed by atoms with Crippen LogP contribution in [0.1, 0.15) is 5.56 Å². The lowest BCUT2D eigenvalue weighted by molar-refractivity contribution is -0.140. The number of benzene rings is 1. The molecule has 0 aliphatic carbocycles. The average Bonchev–Trinajstić information content (AvgIpc) is 2.15. The minimum Gasteiger partial charge on any atom is -0.479 e. The van der Waals surface area contributed by atoms with E-state index in [0.717, 1.165) is 6.07 Å². The van der Waals surface area contributed by atoms with Crippen molar-refractivity contribution in [2.24, 2.45) is 0 Å². The normalized spacial score (nSPS) is 10.9. The molecule has 0 spiro atoms. The van der Waals surface area contributed by atoms with Gasteiger partial charge in [0.15, 0.2) is 6.61 Å². The summed E-state index contributed by atoms with van der Waals surface area (Å²) in [5.41, 5.74) is -1.40. The summed E-state index contributed by atoms with van der Waals surface area (Å²) in [6.07, 6.45) is -4.77. The molecule has 0 aliphatic rings. The van der Waals surface area contributed by atoms with Gasteiger partial charge in [0.25, 0.3) is 0 Å². The summed E-state index contributed by atoms with van der Waals surface area (Å²) in [6.45, 7) is -0.386. The molecule has 1 aromatic carbocycles. The third-order valence-electron chi connectivity index (χ3n) is 1.55. The van der Waals surface area contributed by atoms with E-state index in [1.54, 1.807) is 6.07 Å². The van der Waals surface area contributed by atoms with Crippen LogP contribution in [0, 0.1) is 17.1 Å². The predicted octanol–water partition coefficient (Wildman–Crippen LogP) is 2.75. The Labute approximate surface area is 82.7 Å². The van der Waals surface area contributed by atoms with Crippen LogP contribution in [-0.2, 0) is 6.18 Å². The second-order valence-corrected chi connectivity index (χ2v) is 2.59. The number of nitrogens with zero attached hydrogens (tertiary/aromatic N) is 1. The van der Waals surface area contributed by atoms with Gasteiger partial charge in [0, 0.05) is 0 Å². The zero-order valence-electron chi connectivity index (χ0n) is 7.31. The molecule has 0 aliphatic heterocycles. The van der Waals surface area contributed by atoms with E-state index in [0.29, 0.717) is 12.1 Å². The van der Waals surface area contributed by atoms with E-state index in [1.807, 2.05) is 0 Å².